The Morgan fingerprint density at radius 1 is 1.09 bits per heavy atom. The number of rotatable bonds is 5. The van der Waals surface area contributed by atoms with Gasteiger partial charge < -0.3 is 14.9 Å². The van der Waals surface area contributed by atoms with Crippen molar-refractivity contribution in [3.8, 4) is 17.9 Å². The Morgan fingerprint density at radius 3 is 2.31 bits per heavy atom. The molecule has 3 atom stereocenters. The number of hydrogen-bond donors (Lipinski definition) is 2. The third-order valence-corrected chi connectivity index (χ3v) is 6.71. The Bertz CT molecular complexity index is 1240. The molecular formula is C21H15F6N3O4S. The summed E-state index contributed by atoms with van der Waals surface area (Å²) in [6.45, 7) is -2.11. The Kier molecular flexibility index (Phi) is 7.15. The van der Waals surface area contributed by atoms with Crippen molar-refractivity contribution in [2.45, 2.75) is 29.0 Å². The van der Waals surface area contributed by atoms with E-state index in [9.17, 15) is 46.0 Å². The molecule has 14 heteroatoms. The van der Waals surface area contributed by atoms with Crippen LogP contribution in [-0.2, 0) is 23.3 Å². The lowest BCUT2D eigenvalue weighted by Gasteiger charge is -2.28. The Balaban J connectivity index is 1.93. The average Bonchev–Trinajstić information content (AvgIpc) is 3.13. The number of nitriles is 2. The third kappa shape index (κ3) is 5.41. The Morgan fingerprint density at radius 2 is 1.77 bits per heavy atom. The van der Waals surface area contributed by atoms with Crippen molar-refractivity contribution in [2.24, 2.45) is 0 Å². The first-order valence-electron chi connectivity index (χ1n) is 9.63. The number of aliphatic hydroxyl groups excluding tert-OH is 1. The molecule has 2 aromatic carbocycles. The highest BCUT2D eigenvalue weighted by atomic mass is 32.2. The SMILES string of the molecule is N#Cc1ccc(O[C@H]2CN(S(=O)c3ccc(C(F)(F)F)cc3C#N)CC2(O)CO)c(C(F)(F)F)c1. The first-order chi connectivity index (χ1) is 16.2. The van der Waals surface area contributed by atoms with E-state index in [-0.39, 0.29) is 10.5 Å². The topological polar surface area (TPSA) is 118 Å². The zero-order chi connectivity index (χ0) is 26.2. The maximum atomic E-state index is 13.5. The molecule has 0 aromatic heterocycles. The van der Waals surface area contributed by atoms with Crippen LogP contribution in [0.3, 0.4) is 0 Å². The van der Waals surface area contributed by atoms with Gasteiger partial charge in [0.05, 0.1) is 46.4 Å². The first-order valence-corrected chi connectivity index (χ1v) is 10.7. The van der Waals surface area contributed by atoms with Crippen LogP contribution in [0.5, 0.6) is 5.75 Å². The van der Waals surface area contributed by atoms with Crippen LogP contribution in [0.25, 0.3) is 0 Å². The molecule has 186 valence electrons. The molecular weight excluding hydrogens is 504 g/mol. The predicted octanol–water partition coefficient (Wildman–Crippen LogP) is 2.98. The fraction of sp³-hybridized carbons (Fsp3) is 0.333. The van der Waals surface area contributed by atoms with Gasteiger partial charge in [-0.15, -0.1) is 0 Å². The summed E-state index contributed by atoms with van der Waals surface area (Å²) in [5, 5.41) is 38.6. The van der Waals surface area contributed by atoms with Crippen LogP contribution >= 0.6 is 0 Å². The smallest absolute Gasteiger partial charge is 0.420 e. The van der Waals surface area contributed by atoms with E-state index >= 15 is 0 Å². The molecule has 1 fully saturated rings. The highest BCUT2D eigenvalue weighted by molar-refractivity contribution is 7.82. The van der Waals surface area contributed by atoms with Crippen LogP contribution in [0.4, 0.5) is 26.3 Å². The van der Waals surface area contributed by atoms with Crippen molar-refractivity contribution in [3.05, 3.63) is 58.7 Å². The van der Waals surface area contributed by atoms with Crippen LogP contribution in [-0.4, -0.2) is 50.1 Å². The number of β-amino-alcohol motifs (C(OH)–C–C–N with tert-alkyl or cyclic N) is 1. The van der Waals surface area contributed by atoms with Gasteiger partial charge in [-0.05, 0) is 36.4 Å². The number of hydrogen-bond acceptors (Lipinski definition) is 6. The molecule has 0 radical (unpaired) electrons. The minimum absolute atomic E-state index is 0.303. The van der Waals surface area contributed by atoms with Crippen molar-refractivity contribution in [2.75, 3.05) is 19.7 Å². The molecule has 2 unspecified atom stereocenters. The maximum Gasteiger partial charge on any atom is 0.420 e. The quantitative estimate of drug-likeness (QED) is 0.587. The van der Waals surface area contributed by atoms with Gasteiger partial charge in [0.15, 0.2) is 0 Å². The van der Waals surface area contributed by atoms with E-state index in [1.165, 1.54) is 6.07 Å². The predicted molar refractivity (Wildman–Crippen MR) is 107 cm³/mol. The van der Waals surface area contributed by atoms with E-state index in [0.717, 1.165) is 22.5 Å². The number of aliphatic hydroxyl groups is 2. The second kappa shape index (κ2) is 9.47. The molecule has 1 aliphatic heterocycles. The summed E-state index contributed by atoms with van der Waals surface area (Å²) in [6, 6.07) is 7.48. The summed E-state index contributed by atoms with van der Waals surface area (Å²) in [5.41, 5.74) is -5.52. The lowest BCUT2D eigenvalue weighted by atomic mass is 10.0. The Hall–Kier alpha value is -3.17. The molecule has 35 heavy (non-hydrogen) atoms. The van der Waals surface area contributed by atoms with E-state index in [4.69, 9.17) is 10.00 Å². The molecule has 0 saturated carbocycles. The van der Waals surface area contributed by atoms with Crippen LogP contribution < -0.4 is 4.74 Å². The summed E-state index contributed by atoms with van der Waals surface area (Å²) < 4.78 is 98.6. The summed E-state index contributed by atoms with van der Waals surface area (Å²) in [6.07, 6.45) is -11.2. The lowest BCUT2D eigenvalue weighted by molar-refractivity contribution is -0.140. The number of benzene rings is 2. The van der Waals surface area contributed by atoms with E-state index in [2.05, 4.69) is 0 Å². The molecule has 0 spiro atoms. The molecule has 2 N–H and O–H groups in total. The van der Waals surface area contributed by atoms with Crippen LogP contribution in [0.2, 0.25) is 0 Å². The number of ether oxygens (including phenoxy) is 1. The fourth-order valence-corrected chi connectivity index (χ4v) is 4.78. The highest BCUT2D eigenvalue weighted by Crippen LogP contribution is 2.39. The van der Waals surface area contributed by atoms with Gasteiger partial charge in [0.2, 0.25) is 0 Å². The van der Waals surface area contributed by atoms with Crippen LogP contribution in [0.15, 0.2) is 41.3 Å². The second-order valence-electron chi connectivity index (χ2n) is 7.58. The third-order valence-electron chi connectivity index (χ3n) is 5.23. The molecule has 7 nitrogen and oxygen atoms in total. The highest BCUT2D eigenvalue weighted by Gasteiger charge is 2.50. The van der Waals surface area contributed by atoms with Crippen molar-refractivity contribution >= 4 is 11.0 Å². The van der Waals surface area contributed by atoms with Gasteiger partial charge in [0.1, 0.15) is 34.5 Å². The minimum atomic E-state index is -4.93. The van der Waals surface area contributed by atoms with Gasteiger partial charge >= 0.3 is 12.4 Å². The van der Waals surface area contributed by atoms with E-state index < -0.39 is 77.2 Å². The van der Waals surface area contributed by atoms with Gasteiger partial charge in [0.25, 0.3) is 0 Å². The zero-order valence-corrected chi connectivity index (χ0v) is 18.2. The largest absolute Gasteiger partial charge is 0.485 e. The summed E-state index contributed by atoms with van der Waals surface area (Å²) in [7, 11) is -2.33. The molecule has 0 bridgehead atoms. The van der Waals surface area contributed by atoms with Crippen molar-refractivity contribution in [1.82, 2.24) is 4.31 Å². The molecule has 1 aliphatic rings. The van der Waals surface area contributed by atoms with Gasteiger partial charge in [0, 0.05) is 6.54 Å². The molecule has 1 heterocycles. The summed E-state index contributed by atoms with van der Waals surface area (Å²) in [4.78, 5) is -0.323. The van der Waals surface area contributed by atoms with Gasteiger partial charge in [-0.25, -0.2) is 8.51 Å². The normalized spacial score (nSPS) is 21.8. The monoisotopic (exact) mass is 519 g/mol. The number of halogens is 6. The molecule has 2 aromatic rings. The van der Waals surface area contributed by atoms with E-state index in [1.54, 1.807) is 6.07 Å². The van der Waals surface area contributed by atoms with Crippen LogP contribution in [0, 0.1) is 22.7 Å². The maximum absolute atomic E-state index is 13.5. The van der Waals surface area contributed by atoms with Crippen molar-refractivity contribution in [1.29, 1.82) is 10.5 Å². The van der Waals surface area contributed by atoms with Crippen molar-refractivity contribution < 1.29 is 45.5 Å². The van der Waals surface area contributed by atoms with E-state index in [0.29, 0.717) is 18.2 Å². The average molecular weight is 519 g/mol. The minimum Gasteiger partial charge on any atom is -0.485 e. The standard InChI is InChI=1S/C21H15F6N3O4S/c22-20(23,24)14-2-4-17(13(6-14)8-29)35(33)30-9-18(19(32,10-30)11-31)34-16-3-1-12(7-28)5-15(16)21(25,26)27/h1-6,18,31-32H,9-11H2/t18-,19?,35?/m0/s1. The van der Waals surface area contributed by atoms with E-state index in [1.807, 2.05) is 0 Å². The van der Waals surface area contributed by atoms with Gasteiger partial charge in [-0.2, -0.15) is 36.9 Å². The van der Waals surface area contributed by atoms with Gasteiger partial charge in [-0.3, -0.25) is 0 Å². The summed E-state index contributed by atoms with van der Waals surface area (Å²) in [5.74, 6) is -0.756. The van der Waals surface area contributed by atoms with Crippen LogP contribution in [0.1, 0.15) is 22.3 Å². The molecule has 1 saturated heterocycles. The second-order valence-corrected chi connectivity index (χ2v) is 9.04. The van der Waals surface area contributed by atoms with Gasteiger partial charge in [-0.1, -0.05) is 0 Å². The lowest BCUT2D eigenvalue weighted by Crippen LogP contribution is -2.48. The fourth-order valence-electron chi connectivity index (χ4n) is 3.41. The summed E-state index contributed by atoms with van der Waals surface area (Å²) >= 11 is 0. The molecule has 0 amide bonds. The molecule has 3 rings (SSSR count). The Labute approximate surface area is 197 Å². The molecule has 0 aliphatic carbocycles. The number of nitrogens with zero attached hydrogens (tertiary/aromatic N) is 3. The van der Waals surface area contributed by atoms with Crippen molar-refractivity contribution in [3.63, 3.8) is 0 Å². The zero-order valence-electron chi connectivity index (χ0n) is 17.4. The number of alkyl halides is 6. The first kappa shape index (κ1) is 26.4.